The van der Waals surface area contributed by atoms with E-state index in [0.717, 1.165) is 24.6 Å². The van der Waals surface area contributed by atoms with E-state index in [0.29, 0.717) is 24.2 Å². The zero-order chi connectivity index (χ0) is 13.3. The van der Waals surface area contributed by atoms with Gasteiger partial charge in [0.25, 0.3) is 0 Å². The lowest BCUT2D eigenvalue weighted by atomic mass is 10.2. The molecule has 1 aliphatic rings. The molecule has 1 atom stereocenters. The molecule has 0 amide bonds. The number of hydrogen-bond acceptors (Lipinski definition) is 6. The van der Waals surface area contributed by atoms with Crippen LogP contribution in [0.4, 0.5) is 0 Å². The van der Waals surface area contributed by atoms with E-state index in [1.54, 1.807) is 18.2 Å². The molecule has 0 aliphatic carbocycles. The van der Waals surface area contributed by atoms with Crippen molar-refractivity contribution in [1.29, 1.82) is 0 Å². The first-order valence-electron chi connectivity index (χ1n) is 5.99. The molecule has 6 nitrogen and oxygen atoms in total. The monoisotopic (exact) mass is 299 g/mol. The van der Waals surface area contributed by atoms with E-state index >= 15 is 0 Å². The Morgan fingerprint density at radius 2 is 2.32 bits per heavy atom. The van der Waals surface area contributed by atoms with Gasteiger partial charge in [0, 0.05) is 13.2 Å². The maximum absolute atomic E-state index is 12.3. The van der Waals surface area contributed by atoms with Crippen LogP contribution in [0.1, 0.15) is 12.8 Å². The maximum Gasteiger partial charge on any atom is 0.242 e. The summed E-state index contributed by atoms with van der Waals surface area (Å²) in [5.41, 5.74) is 1.03. The SMILES string of the molecule is O=S(=O)(NC[C@H]1CCCO1)c1cccc2nsnc12. The number of aromatic nitrogens is 2. The maximum atomic E-state index is 12.3. The van der Waals surface area contributed by atoms with Crippen LogP contribution in [0.3, 0.4) is 0 Å². The van der Waals surface area contributed by atoms with Gasteiger partial charge in [0.05, 0.1) is 17.8 Å². The fourth-order valence-corrected chi connectivity index (χ4v) is 3.91. The molecule has 1 aromatic carbocycles. The van der Waals surface area contributed by atoms with Crippen LogP contribution in [-0.2, 0) is 14.8 Å². The summed E-state index contributed by atoms with van der Waals surface area (Å²) >= 11 is 1.01. The van der Waals surface area contributed by atoms with Gasteiger partial charge < -0.3 is 4.74 Å². The van der Waals surface area contributed by atoms with Gasteiger partial charge in [-0.05, 0) is 25.0 Å². The van der Waals surface area contributed by atoms with Gasteiger partial charge in [0.15, 0.2) is 0 Å². The number of rotatable bonds is 4. The Hall–Kier alpha value is -1.09. The van der Waals surface area contributed by atoms with Gasteiger partial charge in [-0.15, -0.1) is 0 Å². The van der Waals surface area contributed by atoms with Crippen molar-refractivity contribution in [3.63, 3.8) is 0 Å². The Labute approximate surface area is 115 Å². The molecule has 0 bridgehead atoms. The highest BCUT2D eigenvalue weighted by Crippen LogP contribution is 2.21. The van der Waals surface area contributed by atoms with Crippen LogP contribution in [0, 0.1) is 0 Å². The van der Waals surface area contributed by atoms with Crippen molar-refractivity contribution in [2.24, 2.45) is 0 Å². The van der Waals surface area contributed by atoms with Crippen molar-refractivity contribution < 1.29 is 13.2 Å². The standard InChI is InChI=1S/C11H13N3O3S2/c15-19(16,12-7-8-3-2-6-17-8)10-5-1-4-9-11(10)14-18-13-9/h1,4-5,8,12H,2-3,6-7H2/t8-/m1/s1. The number of sulfonamides is 1. The third kappa shape index (κ3) is 2.62. The predicted molar refractivity (Wildman–Crippen MR) is 71.6 cm³/mol. The van der Waals surface area contributed by atoms with Crippen LogP contribution >= 0.6 is 11.7 Å². The summed E-state index contributed by atoms with van der Waals surface area (Å²) in [6.07, 6.45) is 1.85. The summed E-state index contributed by atoms with van der Waals surface area (Å²) in [5, 5.41) is 0. The molecular weight excluding hydrogens is 286 g/mol. The topological polar surface area (TPSA) is 81.2 Å². The lowest BCUT2D eigenvalue weighted by Crippen LogP contribution is -2.31. The number of ether oxygens (including phenoxy) is 1. The summed E-state index contributed by atoms with van der Waals surface area (Å²) in [7, 11) is -3.57. The summed E-state index contributed by atoms with van der Waals surface area (Å²) in [6.45, 7) is 1.01. The highest BCUT2D eigenvalue weighted by molar-refractivity contribution is 7.89. The summed E-state index contributed by atoms with van der Waals surface area (Å²) in [5.74, 6) is 0. The lowest BCUT2D eigenvalue weighted by molar-refractivity contribution is 0.114. The number of nitrogens with one attached hydrogen (secondary N) is 1. The first-order valence-corrected chi connectivity index (χ1v) is 8.21. The average molecular weight is 299 g/mol. The fourth-order valence-electron chi connectivity index (χ4n) is 2.08. The molecule has 1 fully saturated rings. The molecule has 2 heterocycles. The van der Waals surface area contributed by atoms with Crippen molar-refractivity contribution in [2.75, 3.05) is 13.2 Å². The second-order valence-corrected chi connectivity index (χ2v) is 6.64. The number of hydrogen-bond donors (Lipinski definition) is 1. The van der Waals surface area contributed by atoms with Gasteiger partial charge in [-0.1, -0.05) is 6.07 Å². The van der Waals surface area contributed by atoms with E-state index in [1.165, 1.54) is 0 Å². The highest BCUT2D eigenvalue weighted by atomic mass is 32.2. The number of nitrogens with zero attached hydrogens (tertiary/aromatic N) is 2. The van der Waals surface area contributed by atoms with E-state index in [9.17, 15) is 8.42 Å². The molecule has 19 heavy (non-hydrogen) atoms. The molecule has 1 N–H and O–H groups in total. The number of fused-ring (bicyclic) bond motifs is 1. The molecule has 0 radical (unpaired) electrons. The Morgan fingerprint density at radius 3 is 3.11 bits per heavy atom. The van der Waals surface area contributed by atoms with Crippen molar-refractivity contribution in [2.45, 2.75) is 23.8 Å². The molecule has 2 aromatic rings. The zero-order valence-corrected chi connectivity index (χ0v) is 11.7. The fraction of sp³-hybridized carbons (Fsp3) is 0.455. The van der Waals surface area contributed by atoms with Crippen LogP contribution in [0.5, 0.6) is 0 Å². The molecule has 0 unspecified atom stereocenters. The summed E-state index contributed by atoms with van der Waals surface area (Å²) in [4.78, 5) is 0.178. The molecule has 1 aliphatic heterocycles. The van der Waals surface area contributed by atoms with Crippen LogP contribution in [0.25, 0.3) is 11.0 Å². The van der Waals surface area contributed by atoms with Gasteiger partial charge in [0.1, 0.15) is 15.9 Å². The quantitative estimate of drug-likeness (QED) is 0.916. The lowest BCUT2D eigenvalue weighted by Gasteiger charge is -2.11. The van der Waals surface area contributed by atoms with Gasteiger partial charge >= 0.3 is 0 Å². The second kappa shape index (κ2) is 5.12. The minimum atomic E-state index is -3.57. The van der Waals surface area contributed by atoms with Crippen molar-refractivity contribution >= 4 is 32.8 Å². The van der Waals surface area contributed by atoms with Crippen LogP contribution in [-0.4, -0.2) is 36.4 Å². The minimum absolute atomic E-state index is 0.0254. The van der Waals surface area contributed by atoms with Crippen LogP contribution < -0.4 is 4.72 Å². The van der Waals surface area contributed by atoms with Crippen LogP contribution in [0.2, 0.25) is 0 Å². The third-order valence-electron chi connectivity index (χ3n) is 3.06. The van der Waals surface area contributed by atoms with E-state index in [2.05, 4.69) is 13.5 Å². The van der Waals surface area contributed by atoms with E-state index in [-0.39, 0.29) is 11.0 Å². The van der Waals surface area contributed by atoms with E-state index in [4.69, 9.17) is 4.74 Å². The van der Waals surface area contributed by atoms with Crippen molar-refractivity contribution in [1.82, 2.24) is 13.5 Å². The molecule has 1 aromatic heterocycles. The summed E-state index contributed by atoms with van der Waals surface area (Å²) in [6, 6.07) is 4.96. The molecule has 3 rings (SSSR count). The Balaban J connectivity index is 1.84. The summed E-state index contributed by atoms with van der Waals surface area (Å²) < 4.78 is 40.6. The molecule has 8 heteroatoms. The Morgan fingerprint density at radius 1 is 1.42 bits per heavy atom. The largest absolute Gasteiger partial charge is 0.377 e. The average Bonchev–Trinajstić information content (AvgIpc) is 3.06. The number of benzene rings is 1. The van der Waals surface area contributed by atoms with Gasteiger partial charge in [0.2, 0.25) is 10.0 Å². The van der Waals surface area contributed by atoms with Crippen LogP contribution in [0.15, 0.2) is 23.1 Å². The van der Waals surface area contributed by atoms with Crippen molar-refractivity contribution in [3.05, 3.63) is 18.2 Å². The highest BCUT2D eigenvalue weighted by Gasteiger charge is 2.22. The van der Waals surface area contributed by atoms with E-state index in [1.807, 2.05) is 0 Å². The first-order chi connectivity index (χ1) is 9.17. The van der Waals surface area contributed by atoms with Crippen molar-refractivity contribution in [3.8, 4) is 0 Å². The van der Waals surface area contributed by atoms with Gasteiger partial charge in [-0.2, -0.15) is 8.75 Å². The minimum Gasteiger partial charge on any atom is -0.377 e. The molecule has 0 spiro atoms. The Kier molecular flexibility index (Phi) is 3.48. The molecule has 1 saturated heterocycles. The predicted octanol–water partition coefficient (Wildman–Crippen LogP) is 1.15. The van der Waals surface area contributed by atoms with E-state index < -0.39 is 10.0 Å². The second-order valence-electron chi connectivity index (χ2n) is 4.38. The Bertz CT molecular complexity index is 677. The molecule has 102 valence electrons. The third-order valence-corrected chi connectivity index (χ3v) is 5.06. The van der Waals surface area contributed by atoms with Gasteiger partial charge in [-0.3, -0.25) is 0 Å². The molecule has 0 saturated carbocycles. The normalized spacial score (nSPS) is 20.1. The zero-order valence-electron chi connectivity index (χ0n) is 10.1. The van der Waals surface area contributed by atoms with Gasteiger partial charge in [-0.25, -0.2) is 13.1 Å². The first kappa shape index (κ1) is 12.9. The molecular formula is C11H13N3O3S2. The smallest absolute Gasteiger partial charge is 0.242 e.